The highest BCUT2D eigenvalue weighted by molar-refractivity contribution is 6.34. The van der Waals surface area contributed by atoms with Gasteiger partial charge in [0.1, 0.15) is 5.75 Å². The number of nitrogens with two attached hydrogens (primary N) is 1. The van der Waals surface area contributed by atoms with E-state index < -0.39 is 5.97 Å². The third kappa shape index (κ3) is 3.39. The average Bonchev–Trinajstić information content (AvgIpc) is 2.29. The second-order valence-corrected chi connectivity index (χ2v) is 3.55. The average molecular weight is 256 g/mol. The number of rotatable bonds is 4. The van der Waals surface area contributed by atoms with E-state index in [2.05, 4.69) is 0 Å². The molecule has 0 aromatic heterocycles. The van der Waals surface area contributed by atoms with E-state index in [1.54, 1.807) is 19.1 Å². The Bertz CT molecular complexity index is 444. The third-order valence-corrected chi connectivity index (χ3v) is 2.46. The van der Waals surface area contributed by atoms with Crippen LogP contribution in [0.2, 0.25) is 5.02 Å². The van der Waals surface area contributed by atoms with Crippen LogP contribution >= 0.6 is 11.6 Å². The van der Waals surface area contributed by atoms with E-state index in [1.807, 2.05) is 0 Å². The molecule has 0 saturated heterocycles. The second kappa shape index (κ2) is 6.15. The Morgan fingerprint density at radius 3 is 2.82 bits per heavy atom. The molecule has 5 heteroatoms. The zero-order valence-corrected chi connectivity index (χ0v) is 10.5. The van der Waals surface area contributed by atoms with Crippen molar-refractivity contribution in [3.05, 3.63) is 28.8 Å². The molecule has 0 bridgehead atoms. The molecule has 0 saturated carbocycles. The third-order valence-electron chi connectivity index (χ3n) is 2.07. The molecule has 0 fully saturated rings. The number of hydrogen-bond donors (Lipinski definition) is 1. The van der Waals surface area contributed by atoms with Gasteiger partial charge in [0.15, 0.2) is 0 Å². The number of carbonyl (C=O) groups is 1. The molecule has 0 aliphatic rings. The first-order valence-electron chi connectivity index (χ1n) is 5.07. The number of ether oxygens (including phenoxy) is 2. The molecule has 4 nitrogen and oxygen atoms in total. The first-order chi connectivity index (χ1) is 8.10. The molecule has 1 aromatic rings. The van der Waals surface area contributed by atoms with Crippen LogP contribution in [-0.4, -0.2) is 19.7 Å². The minimum absolute atomic E-state index is 0.324. The Morgan fingerprint density at radius 1 is 1.53 bits per heavy atom. The fourth-order valence-corrected chi connectivity index (χ4v) is 1.57. The molecule has 2 N–H and O–H groups in total. The molecule has 1 aromatic carbocycles. The summed E-state index contributed by atoms with van der Waals surface area (Å²) in [7, 11) is 1.51. The SMILES string of the molecule is CCOC(=O)/C=C/c1c(N)ccc(OC)c1Cl. The van der Waals surface area contributed by atoms with Crippen LogP contribution in [0.4, 0.5) is 5.69 Å². The number of carbonyl (C=O) groups excluding carboxylic acids is 1. The van der Waals surface area contributed by atoms with Crippen molar-refractivity contribution in [2.24, 2.45) is 0 Å². The molecule has 0 aliphatic carbocycles. The second-order valence-electron chi connectivity index (χ2n) is 3.17. The topological polar surface area (TPSA) is 61.5 Å². The maximum absolute atomic E-state index is 11.2. The van der Waals surface area contributed by atoms with Gasteiger partial charge >= 0.3 is 5.97 Å². The maximum atomic E-state index is 11.2. The van der Waals surface area contributed by atoms with Crippen LogP contribution in [0.5, 0.6) is 5.75 Å². The summed E-state index contributed by atoms with van der Waals surface area (Å²) in [5, 5.41) is 0.369. The van der Waals surface area contributed by atoms with Crippen LogP contribution in [-0.2, 0) is 9.53 Å². The minimum atomic E-state index is -0.439. The Kier molecular flexibility index (Phi) is 4.84. The van der Waals surface area contributed by atoms with Crippen LogP contribution in [0.15, 0.2) is 18.2 Å². The van der Waals surface area contributed by atoms with E-state index in [1.165, 1.54) is 19.3 Å². The van der Waals surface area contributed by atoms with Gasteiger partial charge in [0, 0.05) is 17.3 Å². The fraction of sp³-hybridized carbons (Fsp3) is 0.250. The standard InChI is InChI=1S/C12H14ClNO3/c1-3-17-11(15)7-4-8-9(14)5-6-10(16-2)12(8)13/h4-7H,3,14H2,1-2H3/b7-4+. The molecular weight excluding hydrogens is 242 g/mol. The number of methoxy groups -OCH3 is 1. The molecule has 1 rings (SSSR count). The van der Waals surface area contributed by atoms with Crippen molar-refractivity contribution in [2.75, 3.05) is 19.5 Å². The van der Waals surface area contributed by atoms with Gasteiger partial charge < -0.3 is 15.2 Å². The van der Waals surface area contributed by atoms with Crippen molar-refractivity contribution in [2.45, 2.75) is 6.92 Å². The van der Waals surface area contributed by atoms with Crippen molar-refractivity contribution in [3.8, 4) is 5.75 Å². The minimum Gasteiger partial charge on any atom is -0.495 e. The lowest BCUT2D eigenvalue weighted by Crippen LogP contribution is -1.99. The van der Waals surface area contributed by atoms with E-state index in [-0.39, 0.29) is 0 Å². The van der Waals surface area contributed by atoms with Crippen molar-refractivity contribution >= 4 is 29.3 Å². The summed E-state index contributed by atoms with van der Waals surface area (Å²) < 4.78 is 9.82. The Balaban J connectivity index is 3.01. The molecule has 0 spiro atoms. The normalized spacial score (nSPS) is 10.5. The number of nitrogen functional groups attached to an aromatic ring is 1. The van der Waals surface area contributed by atoms with Crippen LogP contribution in [0.25, 0.3) is 6.08 Å². The Labute approximate surface area is 105 Å². The quantitative estimate of drug-likeness (QED) is 0.510. The molecule has 92 valence electrons. The molecule has 0 aliphatic heterocycles. The number of hydrogen-bond acceptors (Lipinski definition) is 4. The molecular formula is C12H14ClNO3. The van der Waals surface area contributed by atoms with Gasteiger partial charge in [-0.25, -0.2) is 4.79 Å². The smallest absolute Gasteiger partial charge is 0.330 e. The highest BCUT2D eigenvalue weighted by Crippen LogP contribution is 2.32. The van der Waals surface area contributed by atoms with Gasteiger partial charge in [0.2, 0.25) is 0 Å². The zero-order chi connectivity index (χ0) is 12.8. The summed E-state index contributed by atoms with van der Waals surface area (Å²) in [5.74, 6) is 0.0650. The summed E-state index contributed by atoms with van der Waals surface area (Å²) in [6, 6.07) is 3.33. The van der Waals surface area contributed by atoms with Crippen molar-refractivity contribution in [1.29, 1.82) is 0 Å². The maximum Gasteiger partial charge on any atom is 0.330 e. The number of anilines is 1. The molecule has 0 radical (unpaired) electrons. The van der Waals surface area contributed by atoms with Crippen LogP contribution in [0.1, 0.15) is 12.5 Å². The number of benzene rings is 1. The summed E-state index contributed by atoms with van der Waals surface area (Å²) in [5.41, 5.74) is 6.77. The van der Waals surface area contributed by atoms with E-state index in [0.29, 0.717) is 28.6 Å². The van der Waals surface area contributed by atoms with Gasteiger partial charge in [0.25, 0.3) is 0 Å². The van der Waals surface area contributed by atoms with Crippen molar-refractivity contribution in [1.82, 2.24) is 0 Å². The van der Waals surface area contributed by atoms with Gasteiger partial charge in [-0.05, 0) is 25.1 Å². The van der Waals surface area contributed by atoms with Gasteiger partial charge in [-0.1, -0.05) is 11.6 Å². The number of halogens is 1. The fourth-order valence-electron chi connectivity index (χ4n) is 1.26. The first kappa shape index (κ1) is 13.4. The largest absolute Gasteiger partial charge is 0.495 e. The Morgan fingerprint density at radius 2 is 2.24 bits per heavy atom. The van der Waals surface area contributed by atoms with Crippen molar-refractivity contribution in [3.63, 3.8) is 0 Å². The van der Waals surface area contributed by atoms with Crippen LogP contribution in [0.3, 0.4) is 0 Å². The van der Waals surface area contributed by atoms with Crippen LogP contribution < -0.4 is 10.5 Å². The summed E-state index contributed by atoms with van der Waals surface area (Å²) in [6.45, 7) is 2.06. The predicted octanol–water partition coefficient (Wildman–Crippen LogP) is 2.51. The van der Waals surface area contributed by atoms with E-state index in [9.17, 15) is 4.79 Å². The van der Waals surface area contributed by atoms with Crippen LogP contribution in [0, 0.1) is 0 Å². The highest BCUT2D eigenvalue weighted by atomic mass is 35.5. The lowest BCUT2D eigenvalue weighted by molar-refractivity contribution is -0.137. The van der Waals surface area contributed by atoms with Gasteiger partial charge in [-0.15, -0.1) is 0 Å². The molecule has 0 heterocycles. The van der Waals surface area contributed by atoms with E-state index >= 15 is 0 Å². The molecule has 0 amide bonds. The summed E-state index contributed by atoms with van der Waals surface area (Å²) >= 11 is 6.07. The lowest BCUT2D eigenvalue weighted by Gasteiger charge is -2.08. The van der Waals surface area contributed by atoms with Gasteiger partial charge in [-0.2, -0.15) is 0 Å². The molecule has 17 heavy (non-hydrogen) atoms. The van der Waals surface area contributed by atoms with Gasteiger partial charge in [0.05, 0.1) is 18.7 Å². The highest BCUT2D eigenvalue weighted by Gasteiger charge is 2.08. The van der Waals surface area contributed by atoms with E-state index in [0.717, 1.165) is 0 Å². The summed E-state index contributed by atoms with van der Waals surface area (Å²) in [6.07, 6.45) is 2.79. The zero-order valence-electron chi connectivity index (χ0n) is 9.70. The predicted molar refractivity (Wildman–Crippen MR) is 68.1 cm³/mol. The molecule has 0 unspecified atom stereocenters. The Hall–Kier alpha value is -1.68. The summed E-state index contributed by atoms with van der Waals surface area (Å²) in [4.78, 5) is 11.2. The molecule has 0 atom stereocenters. The van der Waals surface area contributed by atoms with Crippen molar-refractivity contribution < 1.29 is 14.3 Å². The van der Waals surface area contributed by atoms with E-state index in [4.69, 9.17) is 26.8 Å². The van der Waals surface area contributed by atoms with Gasteiger partial charge in [-0.3, -0.25) is 0 Å². The lowest BCUT2D eigenvalue weighted by atomic mass is 10.1. The number of esters is 1. The monoisotopic (exact) mass is 255 g/mol. The first-order valence-corrected chi connectivity index (χ1v) is 5.44.